The third-order valence-electron chi connectivity index (χ3n) is 5.43. The number of hydrogen-bond donors (Lipinski definition) is 1. The number of carbonyl (C=O) groups is 2. The van der Waals surface area contributed by atoms with E-state index in [-0.39, 0.29) is 11.9 Å². The van der Waals surface area contributed by atoms with Crippen LogP contribution in [-0.4, -0.2) is 48.6 Å². The van der Waals surface area contributed by atoms with Gasteiger partial charge >= 0.3 is 5.97 Å². The van der Waals surface area contributed by atoms with Crippen LogP contribution >= 0.6 is 0 Å². The SMILES string of the molecule is CCCC(C(=O)Nc1c(C)cccc1C(=O)OCC)[N+](CC)(CC)CC. The average Bonchev–Trinajstić information content (AvgIpc) is 2.64. The summed E-state index contributed by atoms with van der Waals surface area (Å²) in [6, 6.07) is 5.28. The van der Waals surface area contributed by atoms with Crippen molar-refractivity contribution < 1.29 is 18.8 Å². The number of quaternary nitrogens is 1. The van der Waals surface area contributed by atoms with Gasteiger partial charge in [-0.15, -0.1) is 0 Å². The number of nitrogens with one attached hydrogen (secondary N) is 1. The van der Waals surface area contributed by atoms with E-state index < -0.39 is 5.97 Å². The topological polar surface area (TPSA) is 55.4 Å². The predicted molar refractivity (Wildman–Crippen MR) is 106 cm³/mol. The van der Waals surface area contributed by atoms with Gasteiger partial charge in [0.1, 0.15) is 0 Å². The molecule has 0 aliphatic heterocycles. The zero-order valence-corrected chi connectivity index (χ0v) is 17.2. The lowest BCUT2D eigenvalue weighted by molar-refractivity contribution is -0.938. The monoisotopic (exact) mass is 363 g/mol. The van der Waals surface area contributed by atoms with Crippen molar-refractivity contribution in [2.24, 2.45) is 0 Å². The molecule has 0 aromatic heterocycles. The first kappa shape index (κ1) is 22.2. The molecule has 26 heavy (non-hydrogen) atoms. The molecule has 0 saturated heterocycles. The van der Waals surface area contributed by atoms with Gasteiger partial charge in [-0.1, -0.05) is 19.1 Å². The van der Waals surface area contributed by atoms with E-state index in [1.165, 1.54) is 0 Å². The molecule has 0 spiro atoms. The summed E-state index contributed by atoms with van der Waals surface area (Å²) in [4.78, 5) is 25.5. The first-order chi connectivity index (χ1) is 12.4. The maximum absolute atomic E-state index is 13.2. The van der Waals surface area contributed by atoms with E-state index in [4.69, 9.17) is 4.74 Å². The molecular weight excluding hydrogens is 328 g/mol. The van der Waals surface area contributed by atoms with E-state index in [9.17, 15) is 9.59 Å². The summed E-state index contributed by atoms with van der Waals surface area (Å²) in [5.41, 5.74) is 1.85. The number of likely N-dealkylation sites (N-methyl/N-ethyl adjacent to an activating group) is 1. The van der Waals surface area contributed by atoms with Gasteiger partial charge in [0, 0.05) is 6.42 Å². The average molecular weight is 364 g/mol. The quantitative estimate of drug-likeness (QED) is 0.502. The Balaban J connectivity index is 3.23. The van der Waals surface area contributed by atoms with E-state index >= 15 is 0 Å². The molecule has 0 aliphatic carbocycles. The number of nitrogens with zero attached hydrogens (tertiary/aromatic N) is 1. The van der Waals surface area contributed by atoms with Crippen LogP contribution in [0, 0.1) is 6.92 Å². The molecular formula is C21H35N2O3+. The van der Waals surface area contributed by atoms with Crippen LogP contribution in [-0.2, 0) is 9.53 Å². The van der Waals surface area contributed by atoms with E-state index in [2.05, 4.69) is 33.0 Å². The van der Waals surface area contributed by atoms with Crippen LogP contribution in [0.5, 0.6) is 0 Å². The Morgan fingerprint density at radius 2 is 1.69 bits per heavy atom. The second kappa shape index (κ2) is 10.3. The van der Waals surface area contributed by atoms with Crippen molar-refractivity contribution in [3.8, 4) is 0 Å². The van der Waals surface area contributed by atoms with Crippen molar-refractivity contribution in [1.29, 1.82) is 0 Å². The minimum Gasteiger partial charge on any atom is -0.462 e. The molecule has 1 aromatic carbocycles. The van der Waals surface area contributed by atoms with E-state index in [0.717, 1.165) is 42.5 Å². The Morgan fingerprint density at radius 1 is 1.08 bits per heavy atom. The Kier molecular flexibility index (Phi) is 8.79. The number of para-hydroxylation sites is 1. The summed E-state index contributed by atoms with van der Waals surface area (Å²) in [5.74, 6) is -0.419. The molecule has 5 nitrogen and oxygen atoms in total. The standard InChI is InChI=1S/C21H34N2O3/c1-7-13-18(23(8-2,9-3)10-4)20(24)22-19-16(6)14-12-15-17(19)21(25)26-11-5/h12,14-15,18H,7-11,13H2,1-6H3/p+1. The fraction of sp³-hybridized carbons (Fsp3) is 0.619. The Morgan fingerprint density at radius 3 is 2.19 bits per heavy atom. The summed E-state index contributed by atoms with van der Waals surface area (Å²) in [5, 5.41) is 3.06. The number of anilines is 1. The summed E-state index contributed by atoms with van der Waals surface area (Å²) < 4.78 is 5.90. The normalized spacial score (nSPS) is 12.5. The van der Waals surface area contributed by atoms with Gasteiger partial charge in [-0.3, -0.25) is 4.79 Å². The molecule has 1 unspecified atom stereocenters. The molecule has 1 amide bonds. The summed E-state index contributed by atoms with van der Waals surface area (Å²) in [6.45, 7) is 15.2. The van der Waals surface area contributed by atoms with Gasteiger partial charge in [-0.2, -0.15) is 0 Å². The maximum Gasteiger partial charge on any atom is 0.340 e. The lowest BCUT2D eigenvalue weighted by Crippen LogP contribution is -2.59. The van der Waals surface area contributed by atoms with Crippen LogP contribution in [0.15, 0.2) is 18.2 Å². The summed E-state index contributed by atoms with van der Waals surface area (Å²) in [6.07, 6.45) is 1.76. The highest BCUT2D eigenvalue weighted by atomic mass is 16.5. The van der Waals surface area contributed by atoms with Crippen molar-refractivity contribution >= 4 is 17.6 Å². The van der Waals surface area contributed by atoms with Crippen molar-refractivity contribution in [2.75, 3.05) is 31.6 Å². The highest BCUT2D eigenvalue weighted by Crippen LogP contribution is 2.25. The molecule has 0 aliphatic rings. The smallest absolute Gasteiger partial charge is 0.340 e. The highest BCUT2D eigenvalue weighted by Gasteiger charge is 2.38. The van der Waals surface area contributed by atoms with E-state index in [1.807, 2.05) is 19.1 Å². The third kappa shape index (κ3) is 4.85. The van der Waals surface area contributed by atoms with Gasteiger partial charge in [-0.25, -0.2) is 4.79 Å². The largest absolute Gasteiger partial charge is 0.462 e. The van der Waals surface area contributed by atoms with E-state index in [0.29, 0.717) is 17.9 Å². The molecule has 5 heteroatoms. The number of esters is 1. The summed E-state index contributed by atoms with van der Waals surface area (Å²) in [7, 11) is 0. The zero-order chi connectivity index (χ0) is 19.7. The molecule has 0 bridgehead atoms. The van der Waals surface area contributed by atoms with Gasteiger partial charge in [0.15, 0.2) is 6.04 Å². The number of rotatable bonds is 10. The number of hydrogen-bond acceptors (Lipinski definition) is 3. The molecule has 1 rings (SSSR count). The van der Waals surface area contributed by atoms with E-state index in [1.54, 1.807) is 13.0 Å². The third-order valence-corrected chi connectivity index (χ3v) is 5.43. The minimum atomic E-state index is -0.402. The van der Waals surface area contributed by atoms with Crippen LogP contribution in [0.4, 0.5) is 5.69 Å². The summed E-state index contributed by atoms with van der Waals surface area (Å²) >= 11 is 0. The van der Waals surface area contributed by atoms with Gasteiger partial charge in [0.05, 0.1) is 37.5 Å². The molecule has 0 heterocycles. The maximum atomic E-state index is 13.2. The Bertz CT molecular complexity index is 601. The minimum absolute atomic E-state index is 0.0164. The second-order valence-electron chi connectivity index (χ2n) is 6.68. The van der Waals surface area contributed by atoms with Crippen molar-refractivity contribution in [1.82, 2.24) is 0 Å². The number of benzene rings is 1. The lowest BCUT2D eigenvalue weighted by atomic mass is 10.0. The first-order valence-electron chi connectivity index (χ1n) is 9.83. The first-order valence-corrected chi connectivity index (χ1v) is 9.83. The molecule has 0 radical (unpaired) electrons. The molecule has 1 atom stereocenters. The Labute approximate surface area is 158 Å². The Hall–Kier alpha value is -1.88. The number of ether oxygens (including phenoxy) is 1. The number of amides is 1. The molecule has 1 aromatic rings. The van der Waals surface area contributed by atoms with Crippen molar-refractivity contribution in [3.63, 3.8) is 0 Å². The number of carbonyl (C=O) groups excluding carboxylic acids is 2. The highest BCUT2D eigenvalue weighted by molar-refractivity contribution is 6.03. The van der Waals surface area contributed by atoms with Gasteiger partial charge in [0.25, 0.3) is 5.91 Å². The van der Waals surface area contributed by atoms with Gasteiger partial charge in [-0.05, 0) is 52.7 Å². The van der Waals surface area contributed by atoms with Gasteiger partial charge < -0.3 is 14.5 Å². The number of aryl methyl sites for hydroxylation is 1. The fourth-order valence-corrected chi connectivity index (χ4v) is 3.68. The molecule has 146 valence electrons. The fourth-order valence-electron chi connectivity index (χ4n) is 3.68. The molecule has 0 fully saturated rings. The molecule has 1 N–H and O–H groups in total. The van der Waals surface area contributed by atoms with Crippen LogP contribution in [0.2, 0.25) is 0 Å². The van der Waals surface area contributed by atoms with Crippen molar-refractivity contribution in [2.45, 2.75) is 60.4 Å². The molecule has 0 saturated carbocycles. The lowest BCUT2D eigenvalue weighted by Gasteiger charge is -2.42. The van der Waals surface area contributed by atoms with Gasteiger partial charge in [0.2, 0.25) is 0 Å². The second-order valence-corrected chi connectivity index (χ2v) is 6.68. The van der Waals surface area contributed by atoms with Crippen LogP contribution in [0.1, 0.15) is 63.4 Å². The van der Waals surface area contributed by atoms with Crippen LogP contribution in [0.25, 0.3) is 0 Å². The zero-order valence-electron chi connectivity index (χ0n) is 17.2. The van der Waals surface area contributed by atoms with Crippen LogP contribution in [0.3, 0.4) is 0 Å². The predicted octanol–water partition coefficient (Wildman–Crippen LogP) is 4.16. The van der Waals surface area contributed by atoms with Crippen molar-refractivity contribution in [3.05, 3.63) is 29.3 Å². The van der Waals surface area contributed by atoms with Crippen LogP contribution < -0.4 is 5.32 Å².